The number of benzene rings is 1. The predicted molar refractivity (Wildman–Crippen MR) is 155 cm³/mol. The van der Waals surface area contributed by atoms with Gasteiger partial charge in [0.05, 0.1) is 46.2 Å². The van der Waals surface area contributed by atoms with E-state index in [-0.39, 0.29) is 30.4 Å². The fraction of sp³-hybridized carbons (Fsp3) is 0.345. The molecule has 11 nitrogen and oxygen atoms in total. The van der Waals surface area contributed by atoms with Crippen molar-refractivity contribution in [2.75, 3.05) is 25.0 Å². The van der Waals surface area contributed by atoms with Gasteiger partial charge in [0, 0.05) is 30.4 Å². The lowest BCUT2D eigenvalue weighted by molar-refractivity contribution is 0.0118. The van der Waals surface area contributed by atoms with E-state index >= 15 is 0 Å². The molecular formula is C29H31ClN8O3. The number of rotatable bonds is 4. The number of likely N-dealkylation sites (tertiary alicyclic amines) is 1. The normalized spacial score (nSPS) is 18.8. The number of nitriles is 1. The van der Waals surface area contributed by atoms with Gasteiger partial charge in [-0.15, -0.1) is 0 Å². The van der Waals surface area contributed by atoms with Crippen LogP contribution >= 0.6 is 11.6 Å². The molecule has 0 spiro atoms. The van der Waals surface area contributed by atoms with Gasteiger partial charge in [-0.05, 0) is 57.9 Å². The minimum absolute atomic E-state index is 0.148. The number of halogens is 1. The van der Waals surface area contributed by atoms with Gasteiger partial charge < -0.3 is 20.7 Å². The average molecular weight is 575 g/mol. The number of pyridine rings is 1. The number of ether oxygens (including phenoxy) is 1. The molecule has 1 aromatic carbocycles. The summed E-state index contributed by atoms with van der Waals surface area (Å²) in [5.41, 5.74) is 12.4. The van der Waals surface area contributed by atoms with Crippen LogP contribution in [0.5, 0.6) is 0 Å². The van der Waals surface area contributed by atoms with Gasteiger partial charge in [-0.1, -0.05) is 23.7 Å². The number of dihydropyridines is 1. The second-order valence-corrected chi connectivity index (χ2v) is 11.4. The molecule has 2 amide bonds. The zero-order valence-corrected chi connectivity index (χ0v) is 23.8. The number of hydrogen-bond donors (Lipinski definition) is 3. The molecule has 3 aliphatic rings. The molecule has 2 aromatic rings. The first-order valence-corrected chi connectivity index (χ1v) is 13.7. The number of fused-ring (bicyclic) bond motifs is 1. The van der Waals surface area contributed by atoms with Gasteiger partial charge in [0.25, 0.3) is 5.91 Å². The van der Waals surface area contributed by atoms with Crippen LogP contribution in [0.25, 0.3) is 5.70 Å². The summed E-state index contributed by atoms with van der Waals surface area (Å²) in [7, 11) is 0. The average Bonchev–Trinajstić information content (AvgIpc) is 3.34. The molecule has 212 valence electrons. The number of amidine groups is 1. The molecule has 0 aliphatic carbocycles. The number of nitrogens with one attached hydrogen (secondary N) is 2. The van der Waals surface area contributed by atoms with Gasteiger partial charge in [-0.2, -0.15) is 5.26 Å². The minimum atomic E-state index is -0.611. The molecular weight excluding hydrogens is 544 g/mol. The SMILES string of the molecule is CC(C)(C)OC(=O)N1CCC[C@@H](N2NC(c3ccc(C(=O)Nc4ccccn4)cc3Cl)=C3C(N)=NCC(C#N)=C32)C1. The number of aliphatic imine (C=N–C) groups is 1. The first-order chi connectivity index (χ1) is 19.6. The van der Waals surface area contributed by atoms with Crippen LogP contribution in [-0.4, -0.2) is 64.0 Å². The Kier molecular flexibility index (Phi) is 7.60. The van der Waals surface area contributed by atoms with Gasteiger partial charge in [0.2, 0.25) is 0 Å². The van der Waals surface area contributed by atoms with E-state index in [9.17, 15) is 14.9 Å². The number of carbonyl (C=O) groups excluding carboxylic acids is 2. The molecule has 0 unspecified atom stereocenters. The monoisotopic (exact) mass is 574 g/mol. The summed E-state index contributed by atoms with van der Waals surface area (Å²) >= 11 is 6.75. The molecule has 0 bridgehead atoms. The maximum atomic E-state index is 12.9. The number of aromatic nitrogens is 1. The van der Waals surface area contributed by atoms with Crippen LogP contribution in [0.1, 0.15) is 49.5 Å². The highest BCUT2D eigenvalue weighted by Crippen LogP contribution is 2.39. The molecule has 1 aromatic heterocycles. The van der Waals surface area contributed by atoms with Crippen molar-refractivity contribution in [3.05, 3.63) is 75.6 Å². The van der Waals surface area contributed by atoms with Crippen LogP contribution < -0.4 is 16.5 Å². The summed E-state index contributed by atoms with van der Waals surface area (Å²) in [4.78, 5) is 35.9. The number of nitrogens with zero attached hydrogens (tertiary/aromatic N) is 5. The predicted octanol–water partition coefficient (Wildman–Crippen LogP) is 4.07. The number of piperidine rings is 1. The molecule has 0 saturated carbocycles. The number of hydrogen-bond acceptors (Lipinski definition) is 9. The highest BCUT2D eigenvalue weighted by Gasteiger charge is 2.41. The fourth-order valence-corrected chi connectivity index (χ4v) is 5.31. The van der Waals surface area contributed by atoms with Crippen LogP contribution in [-0.2, 0) is 4.74 Å². The van der Waals surface area contributed by atoms with E-state index in [1.54, 1.807) is 47.5 Å². The lowest BCUT2D eigenvalue weighted by Crippen LogP contribution is -2.53. The van der Waals surface area contributed by atoms with Crippen LogP contribution in [0.2, 0.25) is 5.02 Å². The maximum absolute atomic E-state index is 12.9. The molecule has 4 heterocycles. The number of anilines is 1. The van der Waals surface area contributed by atoms with Crippen LogP contribution in [0.3, 0.4) is 0 Å². The van der Waals surface area contributed by atoms with E-state index in [1.165, 1.54) is 0 Å². The fourth-order valence-electron chi connectivity index (χ4n) is 5.03. The van der Waals surface area contributed by atoms with Crippen molar-refractivity contribution in [2.24, 2.45) is 10.7 Å². The third-order valence-corrected chi connectivity index (χ3v) is 7.18. The van der Waals surface area contributed by atoms with E-state index in [0.717, 1.165) is 12.8 Å². The second-order valence-electron chi connectivity index (χ2n) is 11.0. The molecule has 1 saturated heterocycles. The Hall–Kier alpha value is -4.56. The molecule has 4 N–H and O–H groups in total. The van der Waals surface area contributed by atoms with Crippen molar-refractivity contribution < 1.29 is 14.3 Å². The third kappa shape index (κ3) is 5.83. The highest BCUT2D eigenvalue weighted by atomic mass is 35.5. The summed E-state index contributed by atoms with van der Waals surface area (Å²) in [6, 6.07) is 12.3. The summed E-state index contributed by atoms with van der Waals surface area (Å²) in [6.07, 6.45) is 2.74. The number of carbonyl (C=O) groups is 2. The lowest BCUT2D eigenvalue weighted by atomic mass is 9.97. The Balaban J connectivity index is 1.45. The van der Waals surface area contributed by atoms with E-state index < -0.39 is 5.60 Å². The van der Waals surface area contributed by atoms with Crippen molar-refractivity contribution in [3.8, 4) is 6.07 Å². The minimum Gasteiger partial charge on any atom is -0.444 e. The first-order valence-electron chi connectivity index (χ1n) is 13.3. The van der Waals surface area contributed by atoms with E-state index in [1.807, 2.05) is 25.8 Å². The van der Waals surface area contributed by atoms with Crippen molar-refractivity contribution in [1.29, 1.82) is 5.26 Å². The maximum Gasteiger partial charge on any atom is 0.410 e. The molecule has 3 aliphatic heterocycles. The Morgan fingerprint density at radius 2 is 2.07 bits per heavy atom. The molecule has 12 heteroatoms. The quantitative estimate of drug-likeness (QED) is 0.495. The summed E-state index contributed by atoms with van der Waals surface area (Å²) in [6.45, 7) is 6.62. The Morgan fingerprint density at radius 3 is 2.76 bits per heavy atom. The van der Waals surface area contributed by atoms with Crippen molar-refractivity contribution in [1.82, 2.24) is 20.3 Å². The van der Waals surface area contributed by atoms with Crippen LogP contribution in [0.4, 0.5) is 10.6 Å². The highest BCUT2D eigenvalue weighted by molar-refractivity contribution is 6.33. The number of hydrazine groups is 1. The summed E-state index contributed by atoms with van der Waals surface area (Å²) in [5.74, 6) is 0.344. The summed E-state index contributed by atoms with van der Waals surface area (Å²) in [5, 5.41) is 14.9. The molecule has 0 radical (unpaired) electrons. The Bertz CT molecular complexity index is 1520. The number of nitrogens with two attached hydrogens (primary N) is 1. The first kappa shape index (κ1) is 28.0. The van der Waals surface area contributed by atoms with Gasteiger partial charge in [-0.3, -0.25) is 20.2 Å². The summed E-state index contributed by atoms with van der Waals surface area (Å²) < 4.78 is 5.61. The van der Waals surface area contributed by atoms with Gasteiger partial charge >= 0.3 is 6.09 Å². The van der Waals surface area contributed by atoms with Gasteiger partial charge in [0.1, 0.15) is 17.3 Å². The van der Waals surface area contributed by atoms with Gasteiger partial charge in [0.15, 0.2) is 0 Å². The Morgan fingerprint density at radius 1 is 1.27 bits per heavy atom. The molecule has 1 atom stereocenters. The van der Waals surface area contributed by atoms with E-state index in [0.29, 0.717) is 57.6 Å². The zero-order valence-electron chi connectivity index (χ0n) is 23.1. The third-order valence-electron chi connectivity index (χ3n) is 6.86. The van der Waals surface area contributed by atoms with Gasteiger partial charge in [-0.25, -0.2) is 9.78 Å². The molecule has 5 rings (SSSR count). The Labute approximate surface area is 243 Å². The van der Waals surface area contributed by atoms with Crippen molar-refractivity contribution in [2.45, 2.75) is 45.3 Å². The molecule has 1 fully saturated rings. The molecule has 41 heavy (non-hydrogen) atoms. The van der Waals surface area contributed by atoms with Crippen molar-refractivity contribution >= 4 is 41.0 Å². The second kappa shape index (κ2) is 11.1. The van der Waals surface area contributed by atoms with Crippen LogP contribution in [0, 0.1) is 11.3 Å². The van der Waals surface area contributed by atoms with Crippen LogP contribution in [0.15, 0.2) is 64.4 Å². The zero-order chi connectivity index (χ0) is 29.3. The smallest absolute Gasteiger partial charge is 0.410 e. The van der Waals surface area contributed by atoms with E-state index in [2.05, 4.69) is 26.8 Å². The van der Waals surface area contributed by atoms with E-state index in [4.69, 9.17) is 22.1 Å². The van der Waals surface area contributed by atoms with Crippen molar-refractivity contribution in [3.63, 3.8) is 0 Å². The standard InChI is InChI=1S/C29H31ClN8O3/c1-29(2,3)41-28(40)37-12-6-7-19(16-37)38-25-18(14-31)15-34-26(32)23(25)24(36-38)20-10-9-17(13-21(20)30)27(39)35-22-8-4-5-11-33-22/h4-5,8-11,13,19,36H,6-7,12,15-16H2,1-3H3,(H2,32,34)(H,33,35,39)/t19-/m1/s1. The topological polar surface area (TPSA) is 149 Å². The largest absolute Gasteiger partial charge is 0.444 e. The lowest BCUT2D eigenvalue weighted by Gasteiger charge is -2.40. The number of amides is 2.